The van der Waals surface area contributed by atoms with Gasteiger partial charge in [0, 0.05) is 16.3 Å². The lowest BCUT2D eigenvalue weighted by Gasteiger charge is -2.19. The smallest absolute Gasteiger partial charge is 0.0207 e. The third-order valence-corrected chi connectivity index (χ3v) is 4.88. The van der Waals surface area contributed by atoms with Crippen molar-refractivity contribution in [3.63, 3.8) is 0 Å². The number of hydrogen-bond donors (Lipinski definition) is 1. The largest absolute Gasteiger partial charge is 0.313 e. The first kappa shape index (κ1) is 16.1. The summed E-state index contributed by atoms with van der Waals surface area (Å²) < 4.78 is 1.23. The van der Waals surface area contributed by atoms with E-state index in [9.17, 15) is 0 Å². The Kier molecular flexibility index (Phi) is 8.82. The predicted molar refractivity (Wildman–Crippen MR) is 87.5 cm³/mol. The van der Waals surface area contributed by atoms with Crippen LogP contribution in [0, 0.1) is 0 Å². The lowest BCUT2D eigenvalue weighted by atomic mass is 10.1. The summed E-state index contributed by atoms with van der Waals surface area (Å²) >= 11 is 5.70. The molecule has 1 unspecified atom stereocenters. The summed E-state index contributed by atoms with van der Waals surface area (Å²) in [6, 6.07) is 9.13. The first-order chi connectivity index (χ1) is 8.77. The quantitative estimate of drug-likeness (QED) is 0.669. The third-order valence-electron chi connectivity index (χ3n) is 2.77. The molecule has 1 aromatic carbocycles. The summed E-state index contributed by atoms with van der Waals surface area (Å²) in [5.74, 6) is 2.47. The molecule has 0 bridgehead atoms. The minimum atomic E-state index is 0.584. The van der Waals surface area contributed by atoms with Gasteiger partial charge in [0.15, 0.2) is 0 Å². The highest BCUT2D eigenvalue weighted by molar-refractivity contribution is 9.10. The van der Waals surface area contributed by atoms with Crippen LogP contribution in [0.4, 0.5) is 0 Å². The zero-order chi connectivity index (χ0) is 13.2. The molecule has 1 nitrogen and oxygen atoms in total. The van der Waals surface area contributed by atoms with E-state index in [4.69, 9.17) is 0 Å². The number of thioether (sulfide) groups is 1. The average molecular weight is 330 g/mol. The lowest BCUT2D eigenvalue weighted by Crippen LogP contribution is -2.34. The molecule has 0 aromatic heterocycles. The van der Waals surface area contributed by atoms with Crippen molar-refractivity contribution >= 4 is 27.7 Å². The highest BCUT2D eigenvalue weighted by atomic mass is 79.9. The van der Waals surface area contributed by atoms with E-state index in [1.807, 2.05) is 0 Å². The standard InChI is InChI=1S/C15H24BrNS/c1-3-9-17-14(12-18-10-4-2)11-13-7-5-6-8-15(13)16/h5-8,14,17H,3-4,9-12H2,1-2H3. The van der Waals surface area contributed by atoms with E-state index in [1.165, 1.54) is 34.4 Å². The van der Waals surface area contributed by atoms with Crippen molar-refractivity contribution in [2.75, 3.05) is 18.1 Å². The van der Waals surface area contributed by atoms with E-state index in [2.05, 4.69) is 71.1 Å². The minimum absolute atomic E-state index is 0.584. The number of benzene rings is 1. The monoisotopic (exact) mass is 329 g/mol. The number of halogens is 1. The van der Waals surface area contributed by atoms with Gasteiger partial charge in [0.2, 0.25) is 0 Å². The van der Waals surface area contributed by atoms with Crippen molar-refractivity contribution in [1.82, 2.24) is 5.32 Å². The van der Waals surface area contributed by atoms with Gasteiger partial charge in [-0.15, -0.1) is 0 Å². The molecule has 18 heavy (non-hydrogen) atoms. The molecular weight excluding hydrogens is 306 g/mol. The molecular formula is C15H24BrNS. The average Bonchev–Trinajstić information content (AvgIpc) is 2.38. The Labute approximate surface area is 124 Å². The fourth-order valence-corrected chi connectivity index (χ4v) is 3.26. The van der Waals surface area contributed by atoms with Crippen LogP contribution >= 0.6 is 27.7 Å². The van der Waals surface area contributed by atoms with Gasteiger partial charge in [-0.05, 0) is 43.2 Å². The van der Waals surface area contributed by atoms with Gasteiger partial charge in [0.1, 0.15) is 0 Å². The van der Waals surface area contributed by atoms with Crippen LogP contribution in [0.2, 0.25) is 0 Å². The molecule has 102 valence electrons. The maximum absolute atomic E-state index is 3.66. The molecule has 0 spiro atoms. The van der Waals surface area contributed by atoms with Crippen molar-refractivity contribution in [2.24, 2.45) is 0 Å². The maximum atomic E-state index is 3.66. The molecule has 0 saturated carbocycles. The van der Waals surface area contributed by atoms with Crippen molar-refractivity contribution in [3.05, 3.63) is 34.3 Å². The number of nitrogens with one attached hydrogen (secondary N) is 1. The van der Waals surface area contributed by atoms with Gasteiger partial charge >= 0.3 is 0 Å². The Morgan fingerprint density at radius 3 is 2.67 bits per heavy atom. The van der Waals surface area contributed by atoms with Gasteiger partial charge in [-0.25, -0.2) is 0 Å². The molecule has 0 heterocycles. The summed E-state index contributed by atoms with van der Waals surface area (Å²) in [6.07, 6.45) is 3.57. The topological polar surface area (TPSA) is 12.0 Å². The summed E-state index contributed by atoms with van der Waals surface area (Å²) in [6.45, 7) is 5.58. The Balaban J connectivity index is 2.51. The van der Waals surface area contributed by atoms with E-state index in [-0.39, 0.29) is 0 Å². The Morgan fingerprint density at radius 2 is 2.00 bits per heavy atom. The minimum Gasteiger partial charge on any atom is -0.313 e. The van der Waals surface area contributed by atoms with Crippen LogP contribution in [0.15, 0.2) is 28.7 Å². The molecule has 1 N–H and O–H groups in total. The lowest BCUT2D eigenvalue weighted by molar-refractivity contribution is 0.549. The summed E-state index contributed by atoms with van der Waals surface area (Å²) in [5, 5.41) is 3.66. The zero-order valence-corrected chi connectivity index (χ0v) is 13.8. The highest BCUT2D eigenvalue weighted by Gasteiger charge is 2.10. The van der Waals surface area contributed by atoms with E-state index in [0.717, 1.165) is 13.0 Å². The second-order valence-electron chi connectivity index (χ2n) is 4.52. The first-order valence-corrected chi connectivity index (χ1v) is 8.77. The second kappa shape index (κ2) is 9.88. The fourth-order valence-electron chi connectivity index (χ4n) is 1.84. The van der Waals surface area contributed by atoms with Crippen LogP contribution in [0.5, 0.6) is 0 Å². The van der Waals surface area contributed by atoms with E-state index in [0.29, 0.717) is 6.04 Å². The van der Waals surface area contributed by atoms with Crippen molar-refractivity contribution in [3.8, 4) is 0 Å². The Hall–Kier alpha value is 0.01000. The first-order valence-electron chi connectivity index (χ1n) is 6.82. The fraction of sp³-hybridized carbons (Fsp3) is 0.600. The SMILES string of the molecule is CCCNC(CSCCC)Cc1ccccc1Br. The molecule has 1 rings (SSSR count). The van der Waals surface area contributed by atoms with Gasteiger partial charge < -0.3 is 5.32 Å². The molecule has 3 heteroatoms. The van der Waals surface area contributed by atoms with Gasteiger partial charge in [0.25, 0.3) is 0 Å². The molecule has 1 atom stereocenters. The van der Waals surface area contributed by atoms with Crippen LogP contribution < -0.4 is 5.32 Å². The Bertz CT molecular complexity index is 330. The van der Waals surface area contributed by atoms with Crippen LogP contribution in [-0.2, 0) is 6.42 Å². The normalized spacial score (nSPS) is 12.6. The second-order valence-corrected chi connectivity index (χ2v) is 6.53. The van der Waals surface area contributed by atoms with Crippen LogP contribution in [0.3, 0.4) is 0 Å². The van der Waals surface area contributed by atoms with Gasteiger partial charge in [-0.2, -0.15) is 11.8 Å². The van der Waals surface area contributed by atoms with Gasteiger partial charge in [-0.3, -0.25) is 0 Å². The summed E-state index contributed by atoms with van der Waals surface area (Å²) in [5.41, 5.74) is 1.41. The Morgan fingerprint density at radius 1 is 1.22 bits per heavy atom. The molecule has 0 amide bonds. The number of rotatable bonds is 9. The van der Waals surface area contributed by atoms with Crippen molar-refractivity contribution in [1.29, 1.82) is 0 Å². The molecule has 0 saturated heterocycles. The van der Waals surface area contributed by atoms with Crippen LogP contribution in [0.25, 0.3) is 0 Å². The predicted octanol–water partition coefficient (Wildman–Crippen LogP) is 4.50. The van der Waals surface area contributed by atoms with Gasteiger partial charge in [0.05, 0.1) is 0 Å². The maximum Gasteiger partial charge on any atom is 0.0207 e. The highest BCUT2D eigenvalue weighted by Crippen LogP contribution is 2.19. The van der Waals surface area contributed by atoms with Crippen molar-refractivity contribution in [2.45, 2.75) is 39.2 Å². The zero-order valence-electron chi connectivity index (χ0n) is 11.4. The molecule has 0 aliphatic rings. The third kappa shape index (κ3) is 6.26. The van der Waals surface area contributed by atoms with Crippen molar-refractivity contribution < 1.29 is 0 Å². The van der Waals surface area contributed by atoms with E-state index >= 15 is 0 Å². The summed E-state index contributed by atoms with van der Waals surface area (Å²) in [7, 11) is 0. The molecule has 0 radical (unpaired) electrons. The number of hydrogen-bond acceptors (Lipinski definition) is 2. The van der Waals surface area contributed by atoms with E-state index in [1.54, 1.807) is 0 Å². The van der Waals surface area contributed by atoms with Crippen LogP contribution in [-0.4, -0.2) is 24.1 Å². The summed E-state index contributed by atoms with van der Waals surface area (Å²) in [4.78, 5) is 0. The van der Waals surface area contributed by atoms with E-state index < -0.39 is 0 Å². The molecule has 0 aliphatic heterocycles. The molecule has 0 aliphatic carbocycles. The van der Waals surface area contributed by atoms with Crippen LogP contribution in [0.1, 0.15) is 32.3 Å². The molecule has 1 aromatic rings. The van der Waals surface area contributed by atoms with Gasteiger partial charge in [-0.1, -0.05) is 48.0 Å². The molecule has 0 fully saturated rings.